The zero-order chi connectivity index (χ0) is 23.4. The van der Waals surface area contributed by atoms with Crippen LogP contribution in [0.25, 0.3) is 11.0 Å². The number of carbonyl (C=O) groups is 1. The van der Waals surface area contributed by atoms with Gasteiger partial charge in [0.25, 0.3) is 5.56 Å². The summed E-state index contributed by atoms with van der Waals surface area (Å²) in [5.41, 5.74) is 2.29. The molecule has 0 fully saturated rings. The molecule has 4 aromatic rings. The van der Waals surface area contributed by atoms with E-state index in [1.165, 1.54) is 16.7 Å². The van der Waals surface area contributed by atoms with Gasteiger partial charge in [-0.25, -0.2) is 9.37 Å². The number of aryl methyl sites for hydroxylation is 1. The van der Waals surface area contributed by atoms with Gasteiger partial charge in [-0.3, -0.25) is 9.59 Å². The van der Waals surface area contributed by atoms with Crippen molar-refractivity contribution in [2.24, 2.45) is 0 Å². The molecule has 1 unspecified atom stereocenters. The van der Waals surface area contributed by atoms with Crippen LogP contribution < -0.4 is 10.9 Å². The first-order chi connectivity index (χ1) is 15.9. The van der Waals surface area contributed by atoms with Crippen molar-refractivity contribution < 1.29 is 9.18 Å². The number of nitrogens with one attached hydrogen (secondary N) is 1. The second-order valence-electron chi connectivity index (χ2n) is 7.84. The number of para-hydroxylation sites is 2. The summed E-state index contributed by atoms with van der Waals surface area (Å²) in [6.07, 6.45) is 0.278. The number of fused-ring (bicyclic) bond motifs is 1. The molecule has 3 aromatic carbocycles. The number of benzene rings is 3. The van der Waals surface area contributed by atoms with Crippen LogP contribution >= 0.6 is 11.6 Å². The number of aromatic nitrogens is 2. The highest BCUT2D eigenvalue weighted by molar-refractivity contribution is 6.31. The van der Waals surface area contributed by atoms with Gasteiger partial charge in [0.05, 0.1) is 23.6 Å². The molecule has 0 saturated carbocycles. The molecule has 1 amide bonds. The Labute approximate surface area is 195 Å². The smallest absolute Gasteiger partial charge is 0.273 e. The summed E-state index contributed by atoms with van der Waals surface area (Å²) >= 11 is 6.20. The quantitative estimate of drug-likeness (QED) is 0.417. The third-order valence-electron chi connectivity index (χ3n) is 5.56. The maximum absolute atomic E-state index is 14.4. The number of hydrogen-bond donors (Lipinski definition) is 1. The Morgan fingerprint density at radius 2 is 1.79 bits per heavy atom. The first-order valence-electron chi connectivity index (χ1n) is 10.7. The van der Waals surface area contributed by atoms with E-state index in [1.54, 1.807) is 24.3 Å². The molecule has 5 nitrogen and oxygen atoms in total. The summed E-state index contributed by atoms with van der Waals surface area (Å²) in [7, 11) is 0. The summed E-state index contributed by atoms with van der Waals surface area (Å²) in [4.78, 5) is 30.3. The van der Waals surface area contributed by atoms with E-state index < -0.39 is 5.82 Å². The molecule has 0 spiro atoms. The van der Waals surface area contributed by atoms with E-state index >= 15 is 0 Å². The molecular formula is C26H23ClFN3O2. The van der Waals surface area contributed by atoms with E-state index in [4.69, 9.17) is 11.6 Å². The van der Waals surface area contributed by atoms with Gasteiger partial charge < -0.3 is 9.88 Å². The normalized spacial score (nSPS) is 12.0. The molecule has 1 heterocycles. The van der Waals surface area contributed by atoms with E-state index in [0.29, 0.717) is 11.0 Å². The van der Waals surface area contributed by atoms with Crippen molar-refractivity contribution in [2.45, 2.75) is 32.4 Å². The van der Waals surface area contributed by atoms with Gasteiger partial charge in [-0.1, -0.05) is 60.1 Å². The molecule has 1 aromatic heterocycles. The van der Waals surface area contributed by atoms with Crippen molar-refractivity contribution in [2.75, 3.05) is 0 Å². The molecule has 0 aliphatic rings. The minimum absolute atomic E-state index is 0.0301. The topological polar surface area (TPSA) is 64.0 Å². The van der Waals surface area contributed by atoms with E-state index in [0.717, 1.165) is 5.56 Å². The Balaban J connectivity index is 1.59. The van der Waals surface area contributed by atoms with Gasteiger partial charge in [-0.15, -0.1) is 0 Å². The molecule has 0 saturated heterocycles. The van der Waals surface area contributed by atoms with Gasteiger partial charge in [0.15, 0.2) is 0 Å². The van der Waals surface area contributed by atoms with E-state index in [2.05, 4.69) is 10.3 Å². The lowest BCUT2D eigenvalue weighted by molar-refractivity contribution is -0.121. The Hall–Kier alpha value is -3.51. The van der Waals surface area contributed by atoms with Crippen LogP contribution in [0, 0.1) is 5.82 Å². The molecule has 0 aliphatic carbocycles. The first-order valence-corrected chi connectivity index (χ1v) is 11.1. The van der Waals surface area contributed by atoms with Crippen molar-refractivity contribution >= 4 is 28.5 Å². The van der Waals surface area contributed by atoms with Crippen LogP contribution in [-0.2, 0) is 17.8 Å². The fourth-order valence-corrected chi connectivity index (χ4v) is 4.00. The average molecular weight is 464 g/mol. The maximum Gasteiger partial charge on any atom is 0.273 e. The van der Waals surface area contributed by atoms with Crippen LogP contribution in [-0.4, -0.2) is 15.5 Å². The molecule has 168 valence electrons. The lowest BCUT2D eigenvalue weighted by atomic mass is 10.1. The summed E-state index contributed by atoms with van der Waals surface area (Å²) < 4.78 is 15.9. The second kappa shape index (κ2) is 9.96. The molecule has 1 atom stereocenters. The zero-order valence-electron chi connectivity index (χ0n) is 18.1. The maximum atomic E-state index is 14.4. The number of amides is 1. The minimum atomic E-state index is -0.480. The lowest BCUT2D eigenvalue weighted by Gasteiger charge is -2.15. The zero-order valence-corrected chi connectivity index (χ0v) is 18.8. The summed E-state index contributed by atoms with van der Waals surface area (Å²) in [6, 6.07) is 21.1. The molecule has 0 radical (unpaired) electrons. The number of halogens is 2. The second-order valence-corrected chi connectivity index (χ2v) is 8.25. The summed E-state index contributed by atoms with van der Waals surface area (Å²) in [5.74, 6) is -0.657. The minimum Gasteiger partial charge on any atom is -0.350 e. The third-order valence-corrected chi connectivity index (χ3v) is 5.92. The predicted molar refractivity (Wildman–Crippen MR) is 128 cm³/mol. The summed E-state index contributed by atoms with van der Waals surface area (Å²) in [6.45, 7) is 1.88. The van der Waals surface area contributed by atoms with Gasteiger partial charge in [-0.05, 0) is 36.8 Å². The standard InChI is InChI=1S/C26H23ClFN3O2/c1-17(18-8-3-2-4-9-18)29-25(32)15-14-23-26(33)31(24-13-6-5-12-22(24)30-23)16-19-20(27)10-7-11-21(19)28/h2-13,17H,14-16H2,1H3,(H,29,32). The largest absolute Gasteiger partial charge is 0.350 e. The predicted octanol–water partition coefficient (Wildman–Crippen LogP) is 5.05. The van der Waals surface area contributed by atoms with Crippen molar-refractivity contribution in [1.82, 2.24) is 14.9 Å². The van der Waals surface area contributed by atoms with Crippen molar-refractivity contribution in [3.8, 4) is 0 Å². The molecule has 0 bridgehead atoms. The van der Waals surface area contributed by atoms with Crippen LogP contribution in [0.15, 0.2) is 77.6 Å². The highest BCUT2D eigenvalue weighted by atomic mass is 35.5. The van der Waals surface area contributed by atoms with E-state index in [1.807, 2.05) is 43.3 Å². The van der Waals surface area contributed by atoms with Crippen LogP contribution in [0.4, 0.5) is 4.39 Å². The van der Waals surface area contributed by atoms with Gasteiger partial charge in [0.2, 0.25) is 5.91 Å². The molecule has 4 rings (SSSR count). The molecule has 7 heteroatoms. The Morgan fingerprint density at radius 1 is 1.06 bits per heavy atom. The van der Waals surface area contributed by atoms with Crippen molar-refractivity contribution in [1.29, 1.82) is 0 Å². The fraction of sp³-hybridized carbons (Fsp3) is 0.192. The van der Waals surface area contributed by atoms with Gasteiger partial charge in [0.1, 0.15) is 11.5 Å². The average Bonchev–Trinajstić information content (AvgIpc) is 2.82. The van der Waals surface area contributed by atoms with Crippen LogP contribution in [0.2, 0.25) is 5.02 Å². The van der Waals surface area contributed by atoms with E-state index in [9.17, 15) is 14.0 Å². The fourth-order valence-electron chi connectivity index (χ4n) is 3.78. The van der Waals surface area contributed by atoms with Crippen LogP contribution in [0.1, 0.15) is 36.2 Å². The first kappa shape index (κ1) is 22.7. The third kappa shape index (κ3) is 5.12. The highest BCUT2D eigenvalue weighted by Crippen LogP contribution is 2.21. The lowest BCUT2D eigenvalue weighted by Crippen LogP contribution is -2.30. The molecule has 33 heavy (non-hydrogen) atoms. The van der Waals surface area contributed by atoms with Crippen LogP contribution in [0.3, 0.4) is 0 Å². The number of hydrogen-bond acceptors (Lipinski definition) is 3. The van der Waals surface area contributed by atoms with Crippen molar-refractivity contribution in [3.63, 3.8) is 0 Å². The van der Waals surface area contributed by atoms with Gasteiger partial charge in [-0.2, -0.15) is 0 Å². The van der Waals surface area contributed by atoms with Gasteiger partial charge in [0, 0.05) is 23.4 Å². The highest BCUT2D eigenvalue weighted by Gasteiger charge is 2.16. The monoisotopic (exact) mass is 463 g/mol. The van der Waals surface area contributed by atoms with Crippen molar-refractivity contribution in [3.05, 3.63) is 111 Å². The van der Waals surface area contributed by atoms with E-state index in [-0.39, 0.29) is 53.2 Å². The Morgan fingerprint density at radius 3 is 2.55 bits per heavy atom. The number of carbonyl (C=O) groups excluding carboxylic acids is 1. The SMILES string of the molecule is CC(NC(=O)CCc1nc2ccccc2n(Cc2c(F)cccc2Cl)c1=O)c1ccccc1. The molecule has 1 N–H and O–H groups in total. The Bertz CT molecular complexity index is 1330. The number of nitrogens with zero attached hydrogens (tertiary/aromatic N) is 2. The summed E-state index contributed by atoms with van der Waals surface area (Å²) in [5, 5.41) is 3.20. The Kier molecular flexibility index (Phi) is 6.84. The molecule has 0 aliphatic heterocycles. The van der Waals surface area contributed by atoms with Crippen LogP contribution in [0.5, 0.6) is 0 Å². The van der Waals surface area contributed by atoms with Gasteiger partial charge >= 0.3 is 0 Å². The molecular weight excluding hydrogens is 441 g/mol. The number of rotatable bonds is 7.